The second-order valence-electron chi connectivity index (χ2n) is 12.5. The SMILES string of the molecule is c1ccc(-c2nc(-c3cccc(-n4c5cccc6c7ccc8ccccc8c7c7cccc4c7c65)c3)nc3c2oc2ccccc23)cc1. The predicted molar refractivity (Wildman–Crippen MR) is 198 cm³/mol. The largest absolute Gasteiger partial charge is 0.452 e. The van der Waals surface area contributed by atoms with Gasteiger partial charge in [-0.25, -0.2) is 9.97 Å². The summed E-state index contributed by atoms with van der Waals surface area (Å²) in [5, 5.41) is 11.3. The number of furan rings is 1. The Bertz CT molecular complexity index is 3060. The van der Waals surface area contributed by atoms with Gasteiger partial charge in [-0.2, -0.15) is 0 Å². The number of benzene rings is 8. The Hall–Kier alpha value is -6.52. The third kappa shape index (κ3) is 3.43. The van der Waals surface area contributed by atoms with E-state index < -0.39 is 0 Å². The highest BCUT2D eigenvalue weighted by Crippen LogP contribution is 2.45. The maximum atomic E-state index is 6.36. The number of fused-ring (bicyclic) bond motifs is 8. The molecule has 0 saturated carbocycles. The first kappa shape index (κ1) is 25.6. The Kier molecular flexibility index (Phi) is 5.08. The molecule has 48 heavy (non-hydrogen) atoms. The van der Waals surface area contributed by atoms with Crippen LogP contribution in [0.25, 0.3) is 105 Å². The molecule has 0 N–H and O–H groups in total. The number of rotatable bonds is 3. The molecule has 0 amide bonds. The van der Waals surface area contributed by atoms with Crippen LogP contribution in [0.15, 0.2) is 156 Å². The number of hydrogen-bond donors (Lipinski definition) is 0. The fourth-order valence-electron chi connectivity index (χ4n) is 7.90. The van der Waals surface area contributed by atoms with Gasteiger partial charge in [0.1, 0.15) is 16.8 Å². The Morgan fingerprint density at radius 3 is 2.00 bits per heavy atom. The molecule has 3 heterocycles. The zero-order valence-electron chi connectivity index (χ0n) is 25.7. The Morgan fingerprint density at radius 2 is 1.12 bits per heavy atom. The monoisotopic (exact) mass is 611 g/mol. The second-order valence-corrected chi connectivity index (χ2v) is 12.5. The van der Waals surface area contributed by atoms with Gasteiger partial charge in [-0.15, -0.1) is 0 Å². The van der Waals surface area contributed by atoms with E-state index in [-0.39, 0.29) is 0 Å². The van der Waals surface area contributed by atoms with Crippen LogP contribution in [0.4, 0.5) is 0 Å². The number of nitrogens with zero attached hydrogens (tertiary/aromatic N) is 3. The van der Waals surface area contributed by atoms with E-state index in [0.29, 0.717) is 11.4 Å². The van der Waals surface area contributed by atoms with Gasteiger partial charge in [-0.1, -0.05) is 115 Å². The van der Waals surface area contributed by atoms with Gasteiger partial charge in [-0.05, 0) is 68.7 Å². The first-order chi connectivity index (χ1) is 23.8. The fraction of sp³-hybridized carbons (Fsp3) is 0. The molecule has 222 valence electrons. The van der Waals surface area contributed by atoms with Crippen molar-refractivity contribution in [3.63, 3.8) is 0 Å². The quantitative estimate of drug-likeness (QED) is 0.187. The van der Waals surface area contributed by atoms with E-state index in [0.717, 1.165) is 39.0 Å². The van der Waals surface area contributed by atoms with Crippen LogP contribution in [0.1, 0.15) is 0 Å². The maximum absolute atomic E-state index is 6.36. The summed E-state index contributed by atoms with van der Waals surface area (Å²) in [5.74, 6) is 0.667. The summed E-state index contributed by atoms with van der Waals surface area (Å²) >= 11 is 0. The molecule has 0 radical (unpaired) electrons. The highest BCUT2D eigenvalue weighted by molar-refractivity contribution is 6.37. The molecule has 0 aliphatic rings. The van der Waals surface area contributed by atoms with Crippen molar-refractivity contribution in [2.45, 2.75) is 0 Å². The van der Waals surface area contributed by atoms with E-state index in [1.54, 1.807) is 0 Å². The molecular formula is C44H25N3O. The lowest BCUT2D eigenvalue weighted by Crippen LogP contribution is -1.97. The topological polar surface area (TPSA) is 43.9 Å². The number of aromatic nitrogens is 3. The zero-order chi connectivity index (χ0) is 31.3. The number of para-hydroxylation sites is 1. The van der Waals surface area contributed by atoms with Gasteiger partial charge in [0.15, 0.2) is 11.4 Å². The standard InChI is InChI=1S/C44H25N3O/c1-2-12-27(13-3-1)41-43-42(33-17-6-7-22-37(33)48-43)46-44(45-41)28-14-8-15-29(25-28)47-35-20-9-18-31-32-24-23-26-11-4-5-16-30(26)38(32)34-19-10-21-36(47)40(34)39(31)35/h1-25H. The van der Waals surface area contributed by atoms with E-state index in [1.807, 2.05) is 36.4 Å². The van der Waals surface area contributed by atoms with Crippen LogP contribution in [-0.2, 0) is 0 Å². The van der Waals surface area contributed by atoms with Gasteiger partial charge in [-0.3, -0.25) is 0 Å². The summed E-state index contributed by atoms with van der Waals surface area (Å²) in [6, 6.07) is 53.6. The van der Waals surface area contributed by atoms with Crippen molar-refractivity contribution >= 4 is 76.2 Å². The summed E-state index contributed by atoms with van der Waals surface area (Å²) in [4.78, 5) is 10.3. The van der Waals surface area contributed by atoms with Crippen molar-refractivity contribution in [3.8, 4) is 28.3 Å². The van der Waals surface area contributed by atoms with Gasteiger partial charge in [0.25, 0.3) is 0 Å². The molecule has 11 rings (SSSR count). The summed E-state index contributed by atoms with van der Waals surface area (Å²) in [7, 11) is 0. The van der Waals surface area contributed by atoms with Crippen molar-refractivity contribution in [2.75, 3.05) is 0 Å². The molecule has 3 aromatic heterocycles. The molecular weight excluding hydrogens is 587 g/mol. The molecule has 0 saturated heterocycles. The van der Waals surface area contributed by atoms with Crippen LogP contribution in [-0.4, -0.2) is 14.5 Å². The lowest BCUT2D eigenvalue weighted by Gasteiger charge is -2.11. The summed E-state index contributed by atoms with van der Waals surface area (Å²) < 4.78 is 8.76. The summed E-state index contributed by atoms with van der Waals surface area (Å²) in [5.41, 5.74) is 8.51. The molecule has 0 aliphatic carbocycles. The minimum absolute atomic E-state index is 0.667. The molecule has 8 aromatic carbocycles. The van der Waals surface area contributed by atoms with E-state index in [2.05, 4.69) is 120 Å². The highest BCUT2D eigenvalue weighted by Gasteiger charge is 2.22. The molecule has 0 aliphatic heterocycles. The number of hydrogen-bond acceptors (Lipinski definition) is 3. The first-order valence-electron chi connectivity index (χ1n) is 16.3. The second kappa shape index (κ2) is 9.50. The normalized spacial score (nSPS) is 12.2. The molecule has 4 nitrogen and oxygen atoms in total. The van der Waals surface area contributed by atoms with Gasteiger partial charge in [0.2, 0.25) is 0 Å². The van der Waals surface area contributed by atoms with E-state index in [1.165, 1.54) is 54.1 Å². The smallest absolute Gasteiger partial charge is 0.180 e. The molecule has 0 spiro atoms. The van der Waals surface area contributed by atoms with Gasteiger partial charge in [0, 0.05) is 33.0 Å². The molecule has 0 atom stereocenters. The Labute approximate surface area is 274 Å². The molecule has 4 heteroatoms. The van der Waals surface area contributed by atoms with Gasteiger partial charge in [0.05, 0.1) is 11.0 Å². The van der Waals surface area contributed by atoms with Crippen LogP contribution in [0.5, 0.6) is 0 Å². The highest BCUT2D eigenvalue weighted by atomic mass is 16.3. The minimum atomic E-state index is 0.667. The van der Waals surface area contributed by atoms with Crippen LogP contribution in [0, 0.1) is 0 Å². The third-order valence-corrected chi connectivity index (χ3v) is 9.93. The van der Waals surface area contributed by atoms with Crippen molar-refractivity contribution in [1.82, 2.24) is 14.5 Å². The van der Waals surface area contributed by atoms with Crippen LogP contribution < -0.4 is 0 Å². The van der Waals surface area contributed by atoms with E-state index in [9.17, 15) is 0 Å². The van der Waals surface area contributed by atoms with Gasteiger partial charge >= 0.3 is 0 Å². The Morgan fingerprint density at radius 1 is 0.458 bits per heavy atom. The lowest BCUT2D eigenvalue weighted by atomic mass is 9.91. The lowest BCUT2D eigenvalue weighted by molar-refractivity contribution is 0.667. The van der Waals surface area contributed by atoms with E-state index >= 15 is 0 Å². The third-order valence-electron chi connectivity index (χ3n) is 9.93. The van der Waals surface area contributed by atoms with Crippen molar-refractivity contribution in [1.29, 1.82) is 0 Å². The van der Waals surface area contributed by atoms with Crippen LogP contribution in [0.3, 0.4) is 0 Å². The summed E-state index contributed by atoms with van der Waals surface area (Å²) in [6.07, 6.45) is 0. The van der Waals surface area contributed by atoms with Crippen molar-refractivity contribution in [3.05, 3.63) is 152 Å². The van der Waals surface area contributed by atoms with Crippen molar-refractivity contribution in [2.24, 2.45) is 0 Å². The fourth-order valence-corrected chi connectivity index (χ4v) is 7.90. The predicted octanol–water partition coefficient (Wildman–Crippen LogP) is 11.7. The molecule has 0 bridgehead atoms. The van der Waals surface area contributed by atoms with Crippen LogP contribution in [0.2, 0.25) is 0 Å². The first-order valence-corrected chi connectivity index (χ1v) is 16.3. The zero-order valence-corrected chi connectivity index (χ0v) is 25.7. The average molecular weight is 612 g/mol. The van der Waals surface area contributed by atoms with Crippen LogP contribution >= 0.6 is 0 Å². The summed E-state index contributed by atoms with van der Waals surface area (Å²) in [6.45, 7) is 0. The average Bonchev–Trinajstić information content (AvgIpc) is 3.71. The minimum Gasteiger partial charge on any atom is -0.452 e. The van der Waals surface area contributed by atoms with Crippen molar-refractivity contribution < 1.29 is 4.42 Å². The molecule has 11 aromatic rings. The van der Waals surface area contributed by atoms with E-state index in [4.69, 9.17) is 14.4 Å². The maximum Gasteiger partial charge on any atom is 0.180 e. The molecule has 0 unspecified atom stereocenters. The molecule has 0 fully saturated rings. The van der Waals surface area contributed by atoms with Gasteiger partial charge < -0.3 is 8.98 Å². The Balaban J connectivity index is 1.20.